The lowest BCUT2D eigenvalue weighted by Gasteiger charge is -2.16. The van der Waals surface area contributed by atoms with Gasteiger partial charge in [0.05, 0.1) is 16.8 Å². The van der Waals surface area contributed by atoms with Crippen LogP contribution in [0.2, 0.25) is 5.02 Å². The second-order valence-corrected chi connectivity index (χ2v) is 5.87. The molecular weight excluding hydrogens is 290 g/mol. The van der Waals surface area contributed by atoms with Gasteiger partial charge in [0.25, 0.3) is 0 Å². The minimum Gasteiger partial charge on any atom is -0.271 e. The smallest absolute Gasteiger partial charge is 0.0775 e. The van der Waals surface area contributed by atoms with Gasteiger partial charge in [-0.05, 0) is 40.9 Å². The Labute approximate surface area is 126 Å². The van der Waals surface area contributed by atoms with Crippen molar-refractivity contribution in [3.63, 3.8) is 0 Å². The van der Waals surface area contributed by atoms with Crippen molar-refractivity contribution in [3.8, 4) is 0 Å². The zero-order valence-electron chi connectivity index (χ0n) is 10.7. The molecule has 0 saturated heterocycles. The number of hydrogen-bond acceptors (Lipinski definition) is 4. The molecule has 3 aromatic rings. The van der Waals surface area contributed by atoms with Gasteiger partial charge in [-0.1, -0.05) is 29.8 Å². The third-order valence-corrected chi connectivity index (χ3v) is 4.64. The van der Waals surface area contributed by atoms with Crippen molar-refractivity contribution in [2.24, 2.45) is 5.84 Å². The van der Waals surface area contributed by atoms with Crippen molar-refractivity contribution in [3.05, 3.63) is 64.3 Å². The molecule has 0 aliphatic rings. The molecule has 5 heteroatoms. The number of nitrogens with one attached hydrogen (secondary N) is 1. The average molecular weight is 304 g/mol. The summed E-state index contributed by atoms with van der Waals surface area (Å²) < 4.78 is 1.28. The SMILES string of the molecule is NNC(Cc1csc2ccccc12)c1ncccc1Cl. The van der Waals surface area contributed by atoms with E-state index in [1.54, 1.807) is 17.5 Å². The molecule has 2 aromatic heterocycles. The van der Waals surface area contributed by atoms with Crippen LogP contribution < -0.4 is 11.3 Å². The van der Waals surface area contributed by atoms with E-state index in [0.29, 0.717) is 5.02 Å². The molecule has 3 nitrogen and oxygen atoms in total. The van der Waals surface area contributed by atoms with Crippen LogP contribution in [0.3, 0.4) is 0 Å². The normalized spacial score (nSPS) is 12.7. The first-order valence-electron chi connectivity index (χ1n) is 6.31. The van der Waals surface area contributed by atoms with Gasteiger partial charge < -0.3 is 0 Å². The van der Waals surface area contributed by atoms with Crippen LogP contribution in [0.15, 0.2) is 48.0 Å². The fraction of sp³-hybridized carbons (Fsp3) is 0.133. The highest BCUT2D eigenvalue weighted by molar-refractivity contribution is 7.17. The molecular formula is C15H14ClN3S. The van der Waals surface area contributed by atoms with Gasteiger partial charge >= 0.3 is 0 Å². The van der Waals surface area contributed by atoms with Gasteiger partial charge in [-0.25, -0.2) is 0 Å². The average Bonchev–Trinajstić information content (AvgIpc) is 2.89. The van der Waals surface area contributed by atoms with Crippen LogP contribution in [0.25, 0.3) is 10.1 Å². The van der Waals surface area contributed by atoms with Crippen molar-refractivity contribution in [2.45, 2.75) is 12.5 Å². The summed E-state index contributed by atoms with van der Waals surface area (Å²) in [5, 5.41) is 4.08. The van der Waals surface area contributed by atoms with Crippen LogP contribution in [0, 0.1) is 0 Å². The van der Waals surface area contributed by atoms with Crippen molar-refractivity contribution >= 4 is 33.0 Å². The molecule has 1 atom stereocenters. The van der Waals surface area contributed by atoms with E-state index in [1.165, 1.54) is 15.6 Å². The molecule has 0 spiro atoms. The minimum atomic E-state index is -0.0956. The number of halogens is 1. The summed E-state index contributed by atoms with van der Waals surface area (Å²) in [6.45, 7) is 0. The van der Waals surface area contributed by atoms with Crippen LogP contribution in [-0.4, -0.2) is 4.98 Å². The Morgan fingerprint density at radius 3 is 2.90 bits per heavy atom. The van der Waals surface area contributed by atoms with Gasteiger partial charge in [-0.3, -0.25) is 16.3 Å². The first-order chi connectivity index (χ1) is 9.79. The monoisotopic (exact) mass is 303 g/mol. The number of fused-ring (bicyclic) bond motifs is 1. The Morgan fingerprint density at radius 2 is 2.10 bits per heavy atom. The van der Waals surface area contributed by atoms with Crippen molar-refractivity contribution in [1.29, 1.82) is 0 Å². The van der Waals surface area contributed by atoms with Crippen LogP contribution in [0.1, 0.15) is 17.3 Å². The molecule has 0 amide bonds. The molecule has 0 aliphatic heterocycles. The van der Waals surface area contributed by atoms with Gasteiger partial charge in [0.1, 0.15) is 0 Å². The minimum absolute atomic E-state index is 0.0956. The summed E-state index contributed by atoms with van der Waals surface area (Å²) in [4.78, 5) is 4.34. The van der Waals surface area contributed by atoms with E-state index < -0.39 is 0 Å². The Balaban J connectivity index is 1.94. The van der Waals surface area contributed by atoms with Crippen LogP contribution in [0.5, 0.6) is 0 Å². The van der Waals surface area contributed by atoms with E-state index in [2.05, 4.69) is 40.1 Å². The molecule has 20 heavy (non-hydrogen) atoms. The Kier molecular flexibility index (Phi) is 3.98. The van der Waals surface area contributed by atoms with Crippen LogP contribution in [0.4, 0.5) is 0 Å². The number of nitrogens with two attached hydrogens (primary N) is 1. The van der Waals surface area contributed by atoms with Gasteiger partial charge in [0, 0.05) is 10.9 Å². The molecule has 0 fully saturated rings. The molecule has 3 rings (SSSR count). The van der Waals surface area contributed by atoms with Crippen molar-refractivity contribution < 1.29 is 0 Å². The largest absolute Gasteiger partial charge is 0.271 e. The summed E-state index contributed by atoms with van der Waals surface area (Å²) >= 11 is 7.94. The standard InChI is InChI=1S/C15H14ClN3S/c16-12-5-3-7-18-15(12)13(19-17)8-10-9-20-14-6-2-1-4-11(10)14/h1-7,9,13,19H,8,17H2. The number of hydrogen-bond donors (Lipinski definition) is 2. The summed E-state index contributed by atoms with van der Waals surface area (Å²) in [5.74, 6) is 5.69. The predicted octanol–water partition coefficient (Wildman–Crippen LogP) is 3.70. The first kappa shape index (κ1) is 13.5. The molecule has 3 N–H and O–H groups in total. The Bertz CT molecular complexity index is 726. The van der Waals surface area contributed by atoms with E-state index >= 15 is 0 Å². The zero-order chi connectivity index (χ0) is 13.9. The highest BCUT2D eigenvalue weighted by Crippen LogP contribution is 2.30. The van der Waals surface area contributed by atoms with E-state index in [4.69, 9.17) is 17.4 Å². The van der Waals surface area contributed by atoms with Crippen molar-refractivity contribution in [1.82, 2.24) is 10.4 Å². The maximum absolute atomic E-state index is 6.20. The van der Waals surface area contributed by atoms with E-state index in [1.807, 2.05) is 12.1 Å². The lowest BCUT2D eigenvalue weighted by molar-refractivity contribution is 0.540. The maximum atomic E-state index is 6.20. The Hall–Kier alpha value is -1.46. The topological polar surface area (TPSA) is 50.9 Å². The van der Waals surface area contributed by atoms with Gasteiger partial charge in [-0.2, -0.15) is 0 Å². The van der Waals surface area contributed by atoms with Crippen LogP contribution in [-0.2, 0) is 6.42 Å². The van der Waals surface area contributed by atoms with E-state index in [-0.39, 0.29) is 6.04 Å². The number of aromatic nitrogens is 1. The number of thiophene rings is 1. The lowest BCUT2D eigenvalue weighted by atomic mass is 10.0. The van der Waals surface area contributed by atoms with E-state index in [9.17, 15) is 0 Å². The fourth-order valence-corrected chi connectivity index (χ4v) is 3.53. The van der Waals surface area contributed by atoms with Gasteiger partial charge in [0.15, 0.2) is 0 Å². The zero-order valence-corrected chi connectivity index (χ0v) is 12.3. The predicted molar refractivity (Wildman–Crippen MR) is 84.8 cm³/mol. The molecule has 1 unspecified atom stereocenters. The molecule has 0 aliphatic carbocycles. The van der Waals surface area contributed by atoms with Crippen molar-refractivity contribution in [2.75, 3.05) is 0 Å². The maximum Gasteiger partial charge on any atom is 0.0775 e. The number of pyridine rings is 1. The second kappa shape index (κ2) is 5.89. The Morgan fingerprint density at radius 1 is 1.25 bits per heavy atom. The summed E-state index contributed by atoms with van der Waals surface area (Å²) in [6, 6.07) is 11.9. The van der Waals surface area contributed by atoms with Gasteiger partial charge in [0.2, 0.25) is 0 Å². The number of rotatable bonds is 4. The van der Waals surface area contributed by atoms with E-state index in [0.717, 1.165) is 12.1 Å². The first-order valence-corrected chi connectivity index (χ1v) is 7.57. The molecule has 0 bridgehead atoms. The number of benzene rings is 1. The van der Waals surface area contributed by atoms with Gasteiger partial charge in [-0.15, -0.1) is 11.3 Å². The second-order valence-electron chi connectivity index (χ2n) is 4.55. The summed E-state index contributed by atoms with van der Waals surface area (Å²) in [7, 11) is 0. The molecule has 2 heterocycles. The highest BCUT2D eigenvalue weighted by atomic mass is 35.5. The number of nitrogens with zero attached hydrogens (tertiary/aromatic N) is 1. The quantitative estimate of drug-likeness (QED) is 0.571. The fourth-order valence-electron chi connectivity index (χ4n) is 2.30. The third kappa shape index (κ3) is 2.55. The lowest BCUT2D eigenvalue weighted by Crippen LogP contribution is -2.30. The third-order valence-electron chi connectivity index (χ3n) is 3.30. The molecule has 0 radical (unpaired) electrons. The molecule has 102 valence electrons. The summed E-state index contributed by atoms with van der Waals surface area (Å²) in [6.07, 6.45) is 2.49. The molecule has 0 saturated carbocycles. The highest BCUT2D eigenvalue weighted by Gasteiger charge is 2.17. The number of hydrazine groups is 1. The summed E-state index contributed by atoms with van der Waals surface area (Å²) in [5.41, 5.74) is 4.86. The van der Waals surface area contributed by atoms with Crippen LogP contribution >= 0.6 is 22.9 Å². The molecule has 1 aromatic carbocycles.